The van der Waals surface area contributed by atoms with Crippen LogP contribution in [0.1, 0.15) is 12.0 Å². The first kappa shape index (κ1) is 18.3. The minimum absolute atomic E-state index is 0.0843. The Morgan fingerprint density at radius 1 is 1.04 bits per heavy atom. The molecule has 0 N–H and O–H groups in total. The maximum Gasteiger partial charge on any atom is 0.261 e. The van der Waals surface area contributed by atoms with Crippen LogP contribution in [-0.4, -0.2) is 56.4 Å². The number of piperazine rings is 1. The number of hydrogen-bond acceptors (Lipinski definition) is 5. The lowest BCUT2D eigenvalue weighted by atomic mass is 10.2. The summed E-state index contributed by atoms with van der Waals surface area (Å²) in [7, 11) is 0. The number of fused-ring (bicyclic) bond motifs is 1. The van der Waals surface area contributed by atoms with Gasteiger partial charge in [-0.25, -0.2) is 4.98 Å². The molecule has 3 aromatic rings. The fourth-order valence-electron chi connectivity index (χ4n) is 3.54. The number of benzene rings is 1. The highest BCUT2D eigenvalue weighted by Crippen LogP contribution is 2.09. The topological polar surface area (TPSA) is 71.3 Å². The van der Waals surface area contributed by atoms with E-state index in [1.165, 1.54) is 16.5 Å². The molecule has 0 bridgehead atoms. The number of pyridine rings is 1. The second kappa shape index (κ2) is 8.31. The van der Waals surface area contributed by atoms with Gasteiger partial charge in [-0.3, -0.25) is 24.0 Å². The summed E-state index contributed by atoms with van der Waals surface area (Å²) >= 11 is 0. The molecule has 0 aliphatic carbocycles. The summed E-state index contributed by atoms with van der Waals surface area (Å²) in [5.41, 5.74) is 1.77. The molecule has 1 saturated heterocycles. The quantitative estimate of drug-likeness (QED) is 0.674. The van der Waals surface area contributed by atoms with Gasteiger partial charge >= 0.3 is 0 Å². The Kier molecular flexibility index (Phi) is 5.43. The first-order chi connectivity index (χ1) is 13.7. The third-order valence-electron chi connectivity index (χ3n) is 5.15. The number of carbonyl (C=O) groups is 1. The molecule has 4 rings (SSSR count). The van der Waals surface area contributed by atoms with Crippen LogP contribution in [0.15, 0.2) is 59.9 Å². The van der Waals surface area contributed by atoms with Gasteiger partial charge in [0.1, 0.15) is 0 Å². The van der Waals surface area contributed by atoms with Gasteiger partial charge in [0.2, 0.25) is 5.91 Å². The third-order valence-corrected chi connectivity index (χ3v) is 5.15. The van der Waals surface area contributed by atoms with E-state index < -0.39 is 0 Å². The van der Waals surface area contributed by atoms with Gasteiger partial charge in [0.25, 0.3) is 5.56 Å². The van der Waals surface area contributed by atoms with Gasteiger partial charge in [-0.15, -0.1) is 0 Å². The van der Waals surface area contributed by atoms with Crippen molar-refractivity contribution in [1.29, 1.82) is 0 Å². The number of rotatable bonds is 5. The zero-order valence-electron chi connectivity index (χ0n) is 15.7. The number of para-hydroxylation sites is 1. The van der Waals surface area contributed by atoms with Crippen molar-refractivity contribution >= 4 is 16.8 Å². The summed E-state index contributed by atoms with van der Waals surface area (Å²) in [4.78, 5) is 37.8. The van der Waals surface area contributed by atoms with E-state index in [9.17, 15) is 9.59 Å². The lowest BCUT2D eigenvalue weighted by Crippen LogP contribution is -2.48. The average Bonchev–Trinajstić information content (AvgIpc) is 2.74. The average molecular weight is 377 g/mol. The van der Waals surface area contributed by atoms with Gasteiger partial charge in [0.05, 0.1) is 17.2 Å². The molecule has 1 aliphatic rings. The molecule has 7 nitrogen and oxygen atoms in total. The Morgan fingerprint density at radius 2 is 1.86 bits per heavy atom. The Balaban J connectivity index is 1.30. The molecule has 0 atom stereocenters. The van der Waals surface area contributed by atoms with E-state index in [-0.39, 0.29) is 11.5 Å². The molecule has 2 aromatic heterocycles. The number of amides is 1. The van der Waals surface area contributed by atoms with E-state index in [1.807, 2.05) is 35.4 Å². The van der Waals surface area contributed by atoms with Crippen molar-refractivity contribution in [3.05, 3.63) is 71.0 Å². The highest BCUT2D eigenvalue weighted by atomic mass is 16.2. The molecule has 1 amide bonds. The summed E-state index contributed by atoms with van der Waals surface area (Å²) in [5, 5.41) is 0.585. The Morgan fingerprint density at radius 3 is 2.64 bits per heavy atom. The fourth-order valence-corrected chi connectivity index (χ4v) is 3.54. The second-order valence-corrected chi connectivity index (χ2v) is 7.03. The first-order valence-corrected chi connectivity index (χ1v) is 9.54. The van der Waals surface area contributed by atoms with Crippen LogP contribution in [0.4, 0.5) is 0 Å². The number of aryl methyl sites for hydroxylation is 1. The number of hydrogen-bond donors (Lipinski definition) is 0. The van der Waals surface area contributed by atoms with E-state index >= 15 is 0 Å². The second-order valence-electron chi connectivity index (χ2n) is 7.03. The number of carbonyl (C=O) groups excluding carboxylic acids is 1. The van der Waals surface area contributed by atoms with Crippen LogP contribution < -0.4 is 5.56 Å². The smallest absolute Gasteiger partial charge is 0.261 e. The van der Waals surface area contributed by atoms with Crippen LogP contribution in [0.3, 0.4) is 0 Å². The molecule has 0 saturated carbocycles. The summed E-state index contributed by atoms with van der Waals surface area (Å²) in [5.74, 6) is 0.0843. The van der Waals surface area contributed by atoms with Crippen molar-refractivity contribution < 1.29 is 4.79 Å². The number of nitrogens with zero attached hydrogens (tertiary/aromatic N) is 5. The van der Waals surface area contributed by atoms with Crippen LogP contribution in [0, 0.1) is 0 Å². The minimum Gasteiger partial charge on any atom is -0.340 e. The molecule has 144 valence electrons. The van der Waals surface area contributed by atoms with Crippen molar-refractivity contribution in [2.45, 2.75) is 19.5 Å². The highest BCUT2D eigenvalue weighted by molar-refractivity contribution is 5.77. The zero-order chi connectivity index (χ0) is 19.3. The fraction of sp³-hybridized carbons (Fsp3) is 0.333. The molecule has 7 heteroatoms. The van der Waals surface area contributed by atoms with Crippen molar-refractivity contribution in [3.63, 3.8) is 0 Å². The van der Waals surface area contributed by atoms with Gasteiger partial charge in [-0.1, -0.05) is 18.2 Å². The van der Waals surface area contributed by atoms with Gasteiger partial charge < -0.3 is 4.90 Å². The van der Waals surface area contributed by atoms with Crippen molar-refractivity contribution in [2.24, 2.45) is 0 Å². The van der Waals surface area contributed by atoms with E-state index in [2.05, 4.69) is 20.9 Å². The highest BCUT2D eigenvalue weighted by Gasteiger charge is 2.21. The SMILES string of the molecule is O=C(CCn1cnc2ccccc2c1=O)N1CCN(Cc2cccnc2)CC1. The zero-order valence-corrected chi connectivity index (χ0v) is 15.7. The van der Waals surface area contributed by atoms with Gasteiger partial charge in [-0.2, -0.15) is 0 Å². The molecular formula is C21H23N5O2. The van der Waals surface area contributed by atoms with E-state index in [1.54, 1.807) is 12.3 Å². The van der Waals surface area contributed by atoms with Crippen molar-refractivity contribution in [3.8, 4) is 0 Å². The van der Waals surface area contributed by atoms with Crippen LogP contribution in [0.25, 0.3) is 10.9 Å². The van der Waals surface area contributed by atoms with Crippen LogP contribution in [-0.2, 0) is 17.9 Å². The largest absolute Gasteiger partial charge is 0.340 e. The van der Waals surface area contributed by atoms with Crippen molar-refractivity contribution in [1.82, 2.24) is 24.3 Å². The standard InChI is InChI=1S/C21H23N5O2/c27-20(7-9-26-16-23-19-6-2-1-5-18(19)21(26)28)25-12-10-24(11-13-25)15-17-4-3-8-22-14-17/h1-6,8,14,16H,7,9-13,15H2. The summed E-state index contributed by atoms with van der Waals surface area (Å²) in [6.45, 7) is 4.32. The molecule has 0 spiro atoms. The lowest BCUT2D eigenvalue weighted by molar-refractivity contribution is -0.133. The van der Waals surface area contributed by atoms with Crippen LogP contribution in [0.2, 0.25) is 0 Å². The maximum atomic E-state index is 12.6. The Hall–Kier alpha value is -3.06. The molecule has 1 aromatic carbocycles. The maximum absolute atomic E-state index is 12.6. The van der Waals surface area contributed by atoms with Gasteiger partial charge in [0, 0.05) is 58.1 Å². The predicted octanol–water partition coefficient (Wildman–Crippen LogP) is 1.53. The Labute approximate surface area is 163 Å². The van der Waals surface area contributed by atoms with E-state index in [4.69, 9.17) is 0 Å². The van der Waals surface area contributed by atoms with E-state index in [0.717, 1.165) is 19.6 Å². The lowest BCUT2D eigenvalue weighted by Gasteiger charge is -2.34. The normalized spacial score (nSPS) is 15.1. The summed E-state index contributed by atoms with van der Waals surface area (Å²) < 4.78 is 1.53. The minimum atomic E-state index is -0.0975. The molecule has 1 fully saturated rings. The van der Waals surface area contributed by atoms with Crippen LogP contribution >= 0.6 is 0 Å². The molecule has 1 aliphatic heterocycles. The Bertz CT molecular complexity index is 1010. The third kappa shape index (κ3) is 4.09. The molecule has 28 heavy (non-hydrogen) atoms. The predicted molar refractivity (Wildman–Crippen MR) is 107 cm³/mol. The molecule has 0 radical (unpaired) electrons. The molecule has 3 heterocycles. The summed E-state index contributed by atoms with van der Waals surface area (Å²) in [6.07, 6.45) is 5.50. The number of aromatic nitrogens is 3. The first-order valence-electron chi connectivity index (χ1n) is 9.54. The van der Waals surface area contributed by atoms with Crippen molar-refractivity contribution in [2.75, 3.05) is 26.2 Å². The monoisotopic (exact) mass is 377 g/mol. The van der Waals surface area contributed by atoms with E-state index in [0.29, 0.717) is 37.0 Å². The molecular weight excluding hydrogens is 354 g/mol. The van der Waals surface area contributed by atoms with Gasteiger partial charge in [0.15, 0.2) is 0 Å². The molecule has 0 unspecified atom stereocenters. The summed E-state index contributed by atoms with van der Waals surface area (Å²) in [6, 6.07) is 11.3. The van der Waals surface area contributed by atoms with Gasteiger partial charge in [-0.05, 0) is 23.8 Å². The van der Waals surface area contributed by atoms with Crippen LogP contribution in [0.5, 0.6) is 0 Å².